The lowest BCUT2D eigenvalue weighted by atomic mass is 9.88. The fraction of sp³-hybridized carbons (Fsp3) is 0. The zero-order valence-electron chi connectivity index (χ0n) is 23.7. The van der Waals surface area contributed by atoms with E-state index in [1.165, 1.54) is 60.1 Å². The highest BCUT2D eigenvalue weighted by atomic mass is 16.5. The number of ether oxygens (including phenoxy) is 1. The van der Waals surface area contributed by atoms with E-state index in [1.54, 1.807) is 0 Å². The summed E-state index contributed by atoms with van der Waals surface area (Å²) in [5, 5.41) is 9.51. The third-order valence-corrected chi connectivity index (χ3v) is 9.24. The first-order chi connectivity index (χ1) is 21.8. The Bertz CT molecular complexity index is 2630. The minimum atomic E-state index is 0.895. The standard InChI is InChI=1S/C42H24O2/c1-2-9-27-24-40-36(22-26(27)8-1)42-33(15-7-17-39(42)44-40)32-20-19-29(30-12-3-4-13-31(30)32)28-18-21-37-35(23-28)34-14-5-10-25-11-6-16-38(43-37)41(25)34/h1-24H. The van der Waals surface area contributed by atoms with Crippen molar-refractivity contribution >= 4 is 54.3 Å². The normalized spacial score (nSPS) is 12.3. The van der Waals surface area contributed by atoms with Gasteiger partial charge in [-0.3, -0.25) is 0 Å². The molecule has 0 saturated carbocycles. The van der Waals surface area contributed by atoms with E-state index in [9.17, 15) is 0 Å². The van der Waals surface area contributed by atoms with Crippen LogP contribution in [0.1, 0.15) is 0 Å². The van der Waals surface area contributed by atoms with Gasteiger partial charge < -0.3 is 9.15 Å². The second-order valence-corrected chi connectivity index (χ2v) is 11.7. The second kappa shape index (κ2) is 8.82. The molecule has 0 fully saturated rings. The molecule has 2 heterocycles. The first-order valence-electron chi connectivity index (χ1n) is 15.0. The summed E-state index contributed by atoms with van der Waals surface area (Å²) >= 11 is 0. The molecule has 1 aliphatic heterocycles. The van der Waals surface area contributed by atoms with Crippen molar-refractivity contribution < 1.29 is 9.15 Å². The van der Waals surface area contributed by atoms with Gasteiger partial charge in [0.1, 0.15) is 22.7 Å². The van der Waals surface area contributed by atoms with Crippen LogP contribution < -0.4 is 4.74 Å². The zero-order chi connectivity index (χ0) is 28.8. The van der Waals surface area contributed by atoms with E-state index in [1.807, 2.05) is 0 Å². The van der Waals surface area contributed by atoms with Crippen molar-refractivity contribution in [1.29, 1.82) is 0 Å². The maximum Gasteiger partial charge on any atom is 0.136 e. The van der Waals surface area contributed by atoms with E-state index in [0.717, 1.165) is 39.0 Å². The second-order valence-electron chi connectivity index (χ2n) is 11.7. The van der Waals surface area contributed by atoms with E-state index in [2.05, 4.69) is 146 Å². The molecule has 44 heavy (non-hydrogen) atoms. The number of rotatable bonds is 2. The maximum atomic E-state index is 6.42. The van der Waals surface area contributed by atoms with E-state index in [-0.39, 0.29) is 0 Å². The lowest BCUT2D eigenvalue weighted by molar-refractivity contribution is 0.487. The molecule has 1 aliphatic rings. The van der Waals surface area contributed by atoms with Gasteiger partial charge in [-0.1, -0.05) is 109 Å². The summed E-state index contributed by atoms with van der Waals surface area (Å²) in [4.78, 5) is 0. The SMILES string of the molecule is c1ccc2cc3c(cc2c1)oc1cccc(-c2ccc(-c4ccc5c(c4)-c4cccc6cccc(c46)O5)c4ccccc24)c13. The Balaban J connectivity index is 1.19. The molecule has 0 N–H and O–H groups in total. The molecule has 0 radical (unpaired) electrons. The van der Waals surface area contributed by atoms with Crippen LogP contribution in [0.2, 0.25) is 0 Å². The smallest absolute Gasteiger partial charge is 0.136 e. The molecular weight excluding hydrogens is 536 g/mol. The Labute approximate surface area is 253 Å². The van der Waals surface area contributed by atoms with E-state index in [0.29, 0.717) is 0 Å². The van der Waals surface area contributed by atoms with Crippen LogP contribution in [0.25, 0.3) is 87.6 Å². The van der Waals surface area contributed by atoms with Crippen LogP contribution in [0.4, 0.5) is 0 Å². The average Bonchev–Trinajstić information content (AvgIpc) is 3.44. The topological polar surface area (TPSA) is 22.4 Å². The van der Waals surface area contributed by atoms with Gasteiger partial charge in [0.15, 0.2) is 0 Å². The highest BCUT2D eigenvalue weighted by Crippen LogP contribution is 2.48. The Kier molecular flexibility index (Phi) is 4.75. The average molecular weight is 561 g/mol. The molecule has 0 spiro atoms. The van der Waals surface area contributed by atoms with Crippen LogP contribution in [0.5, 0.6) is 11.5 Å². The van der Waals surface area contributed by atoms with E-state index in [4.69, 9.17) is 9.15 Å². The molecule has 204 valence electrons. The van der Waals surface area contributed by atoms with Crippen LogP contribution in [0, 0.1) is 0 Å². The van der Waals surface area contributed by atoms with Crippen molar-refractivity contribution in [3.8, 4) is 44.9 Å². The quantitative estimate of drug-likeness (QED) is 0.210. The van der Waals surface area contributed by atoms with Crippen molar-refractivity contribution in [3.63, 3.8) is 0 Å². The molecule has 8 aromatic carbocycles. The van der Waals surface area contributed by atoms with Crippen molar-refractivity contribution in [2.45, 2.75) is 0 Å². The zero-order valence-corrected chi connectivity index (χ0v) is 23.7. The Morgan fingerprint density at radius 1 is 0.341 bits per heavy atom. The monoisotopic (exact) mass is 560 g/mol. The summed E-state index contributed by atoms with van der Waals surface area (Å²) in [5.41, 5.74) is 8.92. The van der Waals surface area contributed by atoms with Gasteiger partial charge in [0.25, 0.3) is 0 Å². The molecule has 0 unspecified atom stereocenters. The van der Waals surface area contributed by atoms with Crippen LogP contribution in [0.3, 0.4) is 0 Å². The van der Waals surface area contributed by atoms with Gasteiger partial charge in [0.05, 0.1) is 0 Å². The summed E-state index contributed by atoms with van der Waals surface area (Å²) in [5.74, 6) is 1.81. The molecule has 10 rings (SSSR count). The highest BCUT2D eigenvalue weighted by molar-refractivity contribution is 6.18. The Morgan fingerprint density at radius 3 is 1.89 bits per heavy atom. The summed E-state index contributed by atoms with van der Waals surface area (Å²) in [6.07, 6.45) is 0. The number of benzene rings is 8. The van der Waals surface area contributed by atoms with Crippen molar-refractivity contribution in [1.82, 2.24) is 0 Å². The number of furan rings is 1. The van der Waals surface area contributed by atoms with Crippen molar-refractivity contribution in [2.75, 3.05) is 0 Å². The van der Waals surface area contributed by atoms with E-state index < -0.39 is 0 Å². The van der Waals surface area contributed by atoms with Gasteiger partial charge >= 0.3 is 0 Å². The Morgan fingerprint density at radius 2 is 1.02 bits per heavy atom. The fourth-order valence-electron chi connectivity index (χ4n) is 7.25. The van der Waals surface area contributed by atoms with Gasteiger partial charge in [-0.25, -0.2) is 0 Å². The Hall–Kier alpha value is -5.86. The predicted molar refractivity (Wildman–Crippen MR) is 183 cm³/mol. The first-order valence-corrected chi connectivity index (χ1v) is 15.0. The van der Waals surface area contributed by atoms with Crippen LogP contribution in [0.15, 0.2) is 150 Å². The molecule has 9 aromatic rings. The number of hydrogen-bond donors (Lipinski definition) is 0. The third kappa shape index (κ3) is 3.31. The summed E-state index contributed by atoms with van der Waals surface area (Å²) in [6, 6.07) is 52.0. The molecule has 0 aliphatic carbocycles. The minimum Gasteiger partial charge on any atom is -0.456 e. The highest BCUT2D eigenvalue weighted by Gasteiger charge is 2.21. The molecule has 0 atom stereocenters. The minimum absolute atomic E-state index is 0.895. The third-order valence-electron chi connectivity index (χ3n) is 9.24. The largest absolute Gasteiger partial charge is 0.456 e. The van der Waals surface area contributed by atoms with Crippen LogP contribution in [-0.2, 0) is 0 Å². The number of fused-ring (bicyclic) bond motifs is 7. The molecule has 0 amide bonds. The molecule has 0 bridgehead atoms. The molecular formula is C42H24O2. The lowest BCUT2D eigenvalue weighted by Crippen LogP contribution is -1.97. The van der Waals surface area contributed by atoms with Gasteiger partial charge in [-0.05, 0) is 91.1 Å². The molecule has 2 heteroatoms. The number of hydrogen-bond acceptors (Lipinski definition) is 2. The lowest BCUT2D eigenvalue weighted by Gasteiger charge is -2.22. The maximum absolute atomic E-state index is 6.42. The molecule has 2 nitrogen and oxygen atoms in total. The first kappa shape index (κ1) is 23.7. The molecule has 0 saturated heterocycles. The van der Waals surface area contributed by atoms with Crippen LogP contribution >= 0.6 is 0 Å². The predicted octanol–water partition coefficient (Wildman–Crippen LogP) is 12.2. The van der Waals surface area contributed by atoms with Gasteiger partial charge in [0.2, 0.25) is 0 Å². The van der Waals surface area contributed by atoms with E-state index >= 15 is 0 Å². The van der Waals surface area contributed by atoms with Gasteiger partial charge in [-0.15, -0.1) is 0 Å². The summed E-state index contributed by atoms with van der Waals surface area (Å²) < 4.78 is 12.8. The van der Waals surface area contributed by atoms with Crippen molar-refractivity contribution in [2.24, 2.45) is 0 Å². The van der Waals surface area contributed by atoms with Crippen LogP contribution in [-0.4, -0.2) is 0 Å². The fourth-order valence-corrected chi connectivity index (χ4v) is 7.25. The summed E-state index contributed by atoms with van der Waals surface area (Å²) in [7, 11) is 0. The summed E-state index contributed by atoms with van der Waals surface area (Å²) in [6.45, 7) is 0. The van der Waals surface area contributed by atoms with Crippen molar-refractivity contribution in [3.05, 3.63) is 146 Å². The van der Waals surface area contributed by atoms with Gasteiger partial charge in [0, 0.05) is 21.7 Å². The van der Waals surface area contributed by atoms with Gasteiger partial charge in [-0.2, -0.15) is 0 Å². The molecule has 1 aromatic heterocycles.